The lowest BCUT2D eigenvalue weighted by molar-refractivity contribution is -0.137. The summed E-state index contributed by atoms with van der Waals surface area (Å²) in [6.45, 7) is 2.96. The van der Waals surface area contributed by atoms with Gasteiger partial charge < -0.3 is 14.7 Å². The number of carboxylic acids is 1. The Balaban J connectivity index is 1.32. The minimum atomic E-state index is -0.754. The SMILES string of the molecule is Cc1ccc(N2Cc3c(COc4ccc5c(c4)CC[C@H]5CC(=O)O)cccc3C2=O)cc1. The van der Waals surface area contributed by atoms with Crippen LogP contribution in [-0.4, -0.2) is 17.0 Å². The molecule has 0 unspecified atom stereocenters. The number of anilines is 1. The highest BCUT2D eigenvalue weighted by Gasteiger charge is 2.30. The third-order valence-electron chi connectivity index (χ3n) is 6.54. The number of carbonyl (C=O) groups excluding carboxylic acids is 1. The molecule has 3 aromatic carbocycles. The van der Waals surface area contributed by atoms with E-state index in [1.54, 1.807) is 0 Å². The summed E-state index contributed by atoms with van der Waals surface area (Å²) >= 11 is 0. The lowest BCUT2D eigenvalue weighted by Crippen LogP contribution is -2.22. The zero-order valence-electron chi connectivity index (χ0n) is 18.0. The van der Waals surface area contributed by atoms with Crippen molar-refractivity contribution in [1.82, 2.24) is 0 Å². The van der Waals surface area contributed by atoms with Gasteiger partial charge in [-0.05, 0) is 78.3 Å². The number of nitrogens with zero attached hydrogens (tertiary/aromatic N) is 1. The number of hydrogen-bond donors (Lipinski definition) is 1. The second-order valence-corrected chi connectivity index (χ2v) is 8.65. The summed E-state index contributed by atoms with van der Waals surface area (Å²) in [6, 6.07) is 19.8. The molecule has 5 nitrogen and oxygen atoms in total. The van der Waals surface area contributed by atoms with Gasteiger partial charge in [0.1, 0.15) is 12.4 Å². The van der Waals surface area contributed by atoms with E-state index < -0.39 is 5.97 Å². The molecule has 0 saturated carbocycles. The second-order valence-electron chi connectivity index (χ2n) is 8.65. The third kappa shape index (κ3) is 3.75. The van der Waals surface area contributed by atoms with Gasteiger partial charge >= 0.3 is 5.97 Å². The van der Waals surface area contributed by atoms with Gasteiger partial charge in [-0.2, -0.15) is 0 Å². The summed E-state index contributed by atoms with van der Waals surface area (Å²) < 4.78 is 6.10. The molecular weight excluding hydrogens is 402 g/mol. The minimum Gasteiger partial charge on any atom is -0.489 e. The first kappa shape index (κ1) is 20.3. The molecule has 0 aromatic heterocycles. The van der Waals surface area contributed by atoms with Crippen LogP contribution in [0.3, 0.4) is 0 Å². The first-order valence-electron chi connectivity index (χ1n) is 11.0. The van der Waals surface area contributed by atoms with Crippen LogP contribution in [0.4, 0.5) is 5.69 Å². The number of carbonyl (C=O) groups is 2. The molecule has 1 N–H and O–H groups in total. The Morgan fingerprint density at radius 2 is 1.94 bits per heavy atom. The lowest BCUT2D eigenvalue weighted by atomic mass is 9.98. The van der Waals surface area contributed by atoms with E-state index in [1.807, 2.05) is 72.5 Å². The zero-order chi connectivity index (χ0) is 22.2. The summed E-state index contributed by atoms with van der Waals surface area (Å²) in [6.07, 6.45) is 1.92. The monoisotopic (exact) mass is 427 g/mol. The van der Waals surface area contributed by atoms with Crippen molar-refractivity contribution in [3.63, 3.8) is 0 Å². The van der Waals surface area contributed by atoms with Crippen LogP contribution in [0.5, 0.6) is 5.75 Å². The summed E-state index contributed by atoms with van der Waals surface area (Å²) in [5, 5.41) is 9.11. The van der Waals surface area contributed by atoms with Crippen LogP contribution >= 0.6 is 0 Å². The van der Waals surface area contributed by atoms with Crippen LogP contribution in [0, 0.1) is 6.92 Å². The fraction of sp³-hybridized carbons (Fsp3) is 0.259. The van der Waals surface area contributed by atoms with Gasteiger partial charge in [-0.25, -0.2) is 0 Å². The van der Waals surface area contributed by atoms with E-state index in [-0.39, 0.29) is 18.2 Å². The normalized spacial score (nSPS) is 16.7. The van der Waals surface area contributed by atoms with Gasteiger partial charge in [0.25, 0.3) is 5.91 Å². The topological polar surface area (TPSA) is 66.8 Å². The van der Waals surface area contributed by atoms with Crippen molar-refractivity contribution in [3.05, 3.63) is 94.0 Å². The van der Waals surface area contributed by atoms with Crippen LogP contribution in [0.25, 0.3) is 0 Å². The Morgan fingerprint density at radius 3 is 2.72 bits per heavy atom. The molecule has 0 bridgehead atoms. The Morgan fingerprint density at radius 1 is 1.12 bits per heavy atom. The van der Waals surface area contributed by atoms with E-state index >= 15 is 0 Å². The van der Waals surface area contributed by atoms with E-state index in [0.29, 0.717) is 13.2 Å². The van der Waals surface area contributed by atoms with Gasteiger partial charge in [-0.15, -0.1) is 0 Å². The van der Waals surface area contributed by atoms with E-state index in [2.05, 4.69) is 0 Å². The Labute approximate surface area is 187 Å². The number of benzene rings is 3. The van der Waals surface area contributed by atoms with Gasteiger partial charge in [0.05, 0.1) is 13.0 Å². The zero-order valence-corrected chi connectivity index (χ0v) is 18.0. The van der Waals surface area contributed by atoms with Crippen molar-refractivity contribution in [1.29, 1.82) is 0 Å². The maximum Gasteiger partial charge on any atom is 0.303 e. The standard InChI is InChI=1S/C27H25NO4/c1-17-5-9-21(10-6-17)28-15-25-20(3-2-4-24(25)27(28)31)16-32-22-11-12-23-18(13-22)7-8-19(23)14-26(29)30/h2-6,9-13,19H,7-8,14-16H2,1H3,(H,29,30)/t19-/m0/s1. The van der Waals surface area contributed by atoms with Crippen molar-refractivity contribution in [2.75, 3.05) is 4.90 Å². The molecule has 5 rings (SSSR count). The molecule has 0 fully saturated rings. The van der Waals surface area contributed by atoms with Gasteiger partial charge in [-0.1, -0.05) is 35.9 Å². The molecule has 1 heterocycles. The van der Waals surface area contributed by atoms with Crippen molar-refractivity contribution in [2.24, 2.45) is 0 Å². The smallest absolute Gasteiger partial charge is 0.303 e. The fourth-order valence-corrected chi connectivity index (χ4v) is 4.82. The summed E-state index contributed by atoms with van der Waals surface area (Å²) in [7, 11) is 0. The molecular formula is C27H25NO4. The van der Waals surface area contributed by atoms with E-state index in [9.17, 15) is 9.59 Å². The predicted molar refractivity (Wildman–Crippen MR) is 122 cm³/mol. The van der Waals surface area contributed by atoms with Crippen LogP contribution in [-0.2, 0) is 24.4 Å². The van der Waals surface area contributed by atoms with Crippen LogP contribution < -0.4 is 9.64 Å². The summed E-state index contributed by atoms with van der Waals surface area (Å²) in [5.41, 5.74) is 7.12. The molecule has 1 aliphatic heterocycles. The number of amides is 1. The first-order chi connectivity index (χ1) is 15.5. The number of carboxylic acid groups (broad SMARTS) is 1. The molecule has 162 valence electrons. The molecule has 1 aliphatic carbocycles. The Hall–Kier alpha value is -3.60. The summed E-state index contributed by atoms with van der Waals surface area (Å²) in [5.74, 6) is 0.132. The lowest BCUT2D eigenvalue weighted by Gasteiger charge is -2.16. The molecule has 2 aliphatic rings. The van der Waals surface area contributed by atoms with Gasteiger partial charge in [0.15, 0.2) is 0 Å². The minimum absolute atomic E-state index is 0.0210. The highest BCUT2D eigenvalue weighted by molar-refractivity contribution is 6.10. The number of aryl methyl sites for hydroxylation is 2. The van der Waals surface area contributed by atoms with Gasteiger partial charge in [0.2, 0.25) is 0 Å². The van der Waals surface area contributed by atoms with E-state index in [4.69, 9.17) is 9.84 Å². The fourth-order valence-electron chi connectivity index (χ4n) is 4.82. The molecule has 1 atom stereocenters. The van der Waals surface area contributed by atoms with Crippen molar-refractivity contribution in [2.45, 2.75) is 45.3 Å². The predicted octanol–water partition coefficient (Wildman–Crippen LogP) is 5.24. The van der Waals surface area contributed by atoms with Gasteiger partial charge in [-0.3, -0.25) is 9.59 Å². The molecule has 1 amide bonds. The molecule has 0 radical (unpaired) electrons. The number of ether oxygens (including phenoxy) is 1. The maximum atomic E-state index is 13.0. The highest BCUT2D eigenvalue weighted by atomic mass is 16.5. The quantitative estimate of drug-likeness (QED) is 0.584. The van der Waals surface area contributed by atoms with Crippen LogP contribution in [0.1, 0.15) is 56.9 Å². The molecule has 5 heteroatoms. The second kappa shape index (κ2) is 8.15. The maximum absolute atomic E-state index is 13.0. The van der Waals surface area contributed by atoms with Crippen molar-refractivity contribution in [3.8, 4) is 5.75 Å². The average Bonchev–Trinajstić information content (AvgIpc) is 3.33. The van der Waals surface area contributed by atoms with Crippen LogP contribution in [0.2, 0.25) is 0 Å². The first-order valence-corrected chi connectivity index (χ1v) is 11.0. The number of aliphatic carboxylic acids is 1. The average molecular weight is 428 g/mol. The van der Waals surface area contributed by atoms with E-state index in [1.165, 1.54) is 5.56 Å². The Kier molecular flexibility index (Phi) is 5.17. The molecule has 3 aromatic rings. The number of fused-ring (bicyclic) bond motifs is 2. The van der Waals surface area contributed by atoms with Crippen LogP contribution in [0.15, 0.2) is 60.7 Å². The number of rotatable bonds is 6. The third-order valence-corrected chi connectivity index (χ3v) is 6.54. The highest BCUT2D eigenvalue weighted by Crippen LogP contribution is 2.37. The van der Waals surface area contributed by atoms with Gasteiger partial charge in [0, 0.05) is 11.3 Å². The summed E-state index contributed by atoms with van der Waals surface area (Å²) in [4.78, 5) is 25.9. The number of hydrogen-bond acceptors (Lipinski definition) is 3. The largest absolute Gasteiger partial charge is 0.489 e. The van der Waals surface area contributed by atoms with Crippen molar-refractivity contribution < 1.29 is 19.4 Å². The molecule has 0 saturated heterocycles. The van der Waals surface area contributed by atoms with E-state index in [0.717, 1.165) is 52.1 Å². The van der Waals surface area contributed by atoms with Crippen molar-refractivity contribution >= 4 is 17.6 Å². The molecule has 32 heavy (non-hydrogen) atoms. The molecule has 0 spiro atoms. The Bertz CT molecular complexity index is 1200.